The van der Waals surface area contributed by atoms with Crippen molar-refractivity contribution in [2.45, 2.75) is 24.1 Å². The van der Waals surface area contributed by atoms with E-state index in [9.17, 15) is 0 Å². The van der Waals surface area contributed by atoms with E-state index >= 15 is 0 Å². The maximum atomic E-state index is 5.75. The highest BCUT2D eigenvalue weighted by Crippen LogP contribution is 2.32. The minimum absolute atomic E-state index is 0.682. The molecule has 6 nitrogen and oxygen atoms in total. The van der Waals surface area contributed by atoms with Gasteiger partial charge in [-0.2, -0.15) is 0 Å². The van der Waals surface area contributed by atoms with Crippen molar-refractivity contribution in [3.8, 4) is 11.5 Å². The van der Waals surface area contributed by atoms with E-state index in [0.29, 0.717) is 13.2 Å². The SMILES string of the molecule is CCNC(=NCCCSc1nccs1)Nc1ccc2c(c1)OCCCO2. The number of ether oxygens (including phenoxy) is 2. The summed E-state index contributed by atoms with van der Waals surface area (Å²) in [6, 6.07) is 5.89. The summed E-state index contributed by atoms with van der Waals surface area (Å²) in [6.07, 6.45) is 3.75. The summed E-state index contributed by atoms with van der Waals surface area (Å²) >= 11 is 3.46. The van der Waals surface area contributed by atoms with Crippen molar-refractivity contribution in [1.82, 2.24) is 10.3 Å². The highest BCUT2D eigenvalue weighted by molar-refractivity contribution is 8.00. The van der Waals surface area contributed by atoms with Crippen LogP contribution in [0.4, 0.5) is 5.69 Å². The van der Waals surface area contributed by atoms with E-state index in [2.05, 4.69) is 27.5 Å². The lowest BCUT2D eigenvalue weighted by Crippen LogP contribution is -2.30. The van der Waals surface area contributed by atoms with Crippen molar-refractivity contribution in [2.75, 3.05) is 37.4 Å². The van der Waals surface area contributed by atoms with Crippen LogP contribution < -0.4 is 20.1 Å². The zero-order valence-electron chi connectivity index (χ0n) is 14.9. The van der Waals surface area contributed by atoms with Crippen molar-refractivity contribution >= 4 is 34.7 Å². The topological polar surface area (TPSA) is 67.8 Å². The molecule has 8 heteroatoms. The van der Waals surface area contributed by atoms with Crippen molar-refractivity contribution in [1.29, 1.82) is 0 Å². The molecular formula is C18H24N4O2S2. The summed E-state index contributed by atoms with van der Waals surface area (Å²) in [4.78, 5) is 8.93. The molecule has 0 saturated heterocycles. The third-order valence-electron chi connectivity index (χ3n) is 3.56. The van der Waals surface area contributed by atoms with Gasteiger partial charge < -0.3 is 20.1 Å². The maximum absolute atomic E-state index is 5.75. The number of thioether (sulfide) groups is 1. The number of nitrogens with one attached hydrogen (secondary N) is 2. The number of aromatic nitrogens is 1. The van der Waals surface area contributed by atoms with Crippen LogP contribution in [0.25, 0.3) is 0 Å². The van der Waals surface area contributed by atoms with Gasteiger partial charge in [0.05, 0.1) is 13.2 Å². The average molecular weight is 393 g/mol. The van der Waals surface area contributed by atoms with Gasteiger partial charge in [-0.05, 0) is 25.5 Å². The highest BCUT2D eigenvalue weighted by atomic mass is 32.2. The van der Waals surface area contributed by atoms with E-state index < -0.39 is 0 Å². The number of benzene rings is 1. The molecule has 140 valence electrons. The molecule has 3 rings (SSSR count). The number of guanidine groups is 1. The molecule has 0 saturated carbocycles. The van der Waals surface area contributed by atoms with Gasteiger partial charge in [0.15, 0.2) is 17.5 Å². The summed E-state index contributed by atoms with van der Waals surface area (Å²) in [5.41, 5.74) is 0.936. The quantitative estimate of drug-likeness (QED) is 0.323. The second-order valence-electron chi connectivity index (χ2n) is 5.60. The smallest absolute Gasteiger partial charge is 0.195 e. The predicted octanol–water partition coefficient (Wildman–Crippen LogP) is 3.86. The fraction of sp³-hybridized carbons (Fsp3) is 0.444. The molecule has 26 heavy (non-hydrogen) atoms. The molecular weight excluding hydrogens is 368 g/mol. The lowest BCUT2D eigenvalue weighted by atomic mass is 10.3. The Kier molecular flexibility index (Phi) is 7.45. The van der Waals surface area contributed by atoms with Crippen LogP contribution in [0.3, 0.4) is 0 Å². The summed E-state index contributed by atoms with van der Waals surface area (Å²) < 4.78 is 12.5. The monoisotopic (exact) mass is 392 g/mol. The highest BCUT2D eigenvalue weighted by Gasteiger charge is 2.11. The van der Waals surface area contributed by atoms with Gasteiger partial charge in [0, 0.05) is 48.6 Å². The molecule has 1 aliphatic rings. The summed E-state index contributed by atoms with van der Waals surface area (Å²) in [6.45, 7) is 5.01. The van der Waals surface area contributed by atoms with Gasteiger partial charge in [-0.3, -0.25) is 4.99 Å². The normalized spacial score (nSPS) is 14.0. The van der Waals surface area contributed by atoms with E-state index in [1.165, 1.54) is 0 Å². The van der Waals surface area contributed by atoms with E-state index in [1.807, 2.05) is 29.8 Å². The molecule has 0 spiro atoms. The van der Waals surface area contributed by atoms with Crippen LogP contribution in [-0.4, -0.2) is 43.0 Å². The predicted molar refractivity (Wildman–Crippen MR) is 109 cm³/mol. The number of rotatable bonds is 7. The van der Waals surface area contributed by atoms with Crippen molar-refractivity contribution in [2.24, 2.45) is 4.99 Å². The van der Waals surface area contributed by atoms with Gasteiger partial charge in [-0.15, -0.1) is 11.3 Å². The molecule has 2 N–H and O–H groups in total. The molecule has 0 amide bonds. The fourth-order valence-corrected chi connectivity index (χ4v) is 4.01. The Labute approximate surface area is 162 Å². The van der Waals surface area contributed by atoms with Crippen LogP contribution in [0.15, 0.2) is 39.1 Å². The molecule has 0 radical (unpaired) electrons. The van der Waals surface area contributed by atoms with Crippen LogP contribution in [-0.2, 0) is 0 Å². The molecule has 0 aliphatic carbocycles. The number of hydrogen-bond donors (Lipinski definition) is 2. The number of fused-ring (bicyclic) bond motifs is 1. The maximum Gasteiger partial charge on any atom is 0.195 e. The fourth-order valence-electron chi connectivity index (χ4n) is 2.38. The molecule has 0 bridgehead atoms. The standard InChI is InChI=1S/C18H24N4O2S2/c1-2-19-17(20-7-3-11-25-18-21-8-12-26-18)22-14-5-6-15-16(13-14)24-10-4-9-23-15/h5-6,8,12-13H,2-4,7,9-11H2,1H3,(H2,19,20,22). The summed E-state index contributed by atoms with van der Waals surface area (Å²) in [7, 11) is 0. The third-order valence-corrected chi connectivity index (χ3v) is 5.61. The molecule has 2 aromatic rings. The Hall–Kier alpha value is -1.93. The minimum atomic E-state index is 0.682. The van der Waals surface area contributed by atoms with Crippen molar-refractivity contribution < 1.29 is 9.47 Å². The van der Waals surface area contributed by atoms with E-state index in [1.54, 1.807) is 23.1 Å². The minimum Gasteiger partial charge on any atom is -0.490 e. The van der Waals surface area contributed by atoms with Gasteiger partial charge in [0.1, 0.15) is 4.34 Å². The third kappa shape index (κ3) is 5.81. The Bertz CT molecular complexity index is 707. The first-order chi connectivity index (χ1) is 12.8. The lowest BCUT2D eigenvalue weighted by Gasteiger charge is -2.13. The first-order valence-corrected chi connectivity index (χ1v) is 10.7. The number of anilines is 1. The lowest BCUT2D eigenvalue weighted by molar-refractivity contribution is 0.297. The van der Waals surface area contributed by atoms with Gasteiger partial charge >= 0.3 is 0 Å². The van der Waals surface area contributed by atoms with Crippen LogP contribution in [0.5, 0.6) is 11.5 Å². The zero-order valence-corrected chi connectivity index (χ0v) is 16.5. The molecule has 2 heterocycles. The number of nitrogens with zero attached hydrogens (tertiary/aromatic N) is 2. The first-order valence-electron chi connectivity index (χ1n) is 8.82. The van der Waals surface area contributed by atoms with Crippen molar-refractivity contribution in [3.63, 3.8) is 0 Å². The van der Waals surface area contributed by atoms with E-state index in [4.69, 9.17) is 9.47 Å². The van der Waals surface area contributed by atoms with Crippen molar-refractivity contribution in [3.05, 3.63) is 29.8 Å². The Morgan fingerprint density at radius 1 is 1.31 bits per heavy atom. The second kappa shape index (κ2) is 10.3. The molecule has 0 fully saturated rings. The van der Waals surface area contributed by atoms with Crippen LogP contribution >= 0.6 is 23.1 Å². The number of thiazole rings is 1. The van der Waals surface area contributed by atoms with E-state index in [-0.39, 0.29) is 0 Å². The van der Waals surface area contributed by atoms with Crippen LogP contribution in [0.2, 0.25) is 0 Å². The van der Waals surface area contributed by atoms with Gasteiger partial charge in [-0.25, -0.2) is 4.98 Å². The molecule has 1 aliphatic heterocycles. The Balaban J connectivity index is 1.53. The second-order valence-corrected chi connectivity index (χ2v) is 7.83. The Morgan fingerprint density at radius 2 is 2.19 bits per heavy atom. The largest absolute Gasteiger partial charge is 0.490 e. The summed E-state index contributed by atoms with van der Waals surface area (Å²) in [5, 5.41) is 8.62. The number of aliphatic imine (C=N–C) groups is 1. The van der Waals surface area contributed by atoms with Gasteiger partial charge in [0.2, 0.25) is 0 Å². The zero-order chi connectivity index (χ0) is 18.0. The number of hydrogen-bond acceptors (Lipinski definition) is 6. The Morgan fingerprint density at radius 3 is 3.00 bits per heavy atom. The molecule has 0 atom stereocenters. The molecule has 0 unspecified atom stereocenters. The molecule has 1 aromatic carbocycles. The van der Waals surface area contributed by atoms with Crippen LogP contribution in [0, 0.1) is 0 Å². The summed E-state index contributed by atoms with van der Waals surface area (Å²) in [5.74, 6) is 3.37. The van der Waals surface area contributed by atoms with E-state index in [0.717, 1.165) is 59.2 Å². The van der Waals surface area contributed by atoms with Crippen LogP contribution in [0.1, 0.15) is 19.8 Å². The van der Waals surface area contributed by atoms with Gasteiger partial charge in [-0.1, -0.05) is 11.8 Å². The average Bonchev–Trinajstić information content (AvgIpc) is 3.05. The molecule has 1 aromatic heterocycles. The van der Waals surface area contributed by atoms with Gasteiger partial charge in [0.25, 0.3) is 0 Å². The first kappa shape index (κ1) is 18.8.